The smallest absolute Gasteiger partial charge is 0.0163 e. The second-order valence-electron chi connectivity index (χ2n) is 5.02. The normalized spacial score (nSPS) is 26.1. The molecule has 0 bridgehead atoms. The van der Waals surface area contributed by atoms with Gasteiger partial charge in [0.15, 0.2) is 0 Å². The standard InChI is InChI=1S/C13H24N2/c1-2-9-15(13-5-6-13)10-3-4-12-7-8-14-11-12/h2,12-14H,1,3-11H2. The minimum Gasteiger partial charge on any atom is -0.316 e. The van der Waals surface area contributed by atoms with Crippen LogP contribution in [0, 0.1) is 5.92 Å². The van der Waals surface area contributed by atoms with E-state index in [0.717, 1.165) is 18.5 Å². The first-order valence-corrected chi connectivity index (χ1v) is 6.46. The summed E-state index contributed by atoms with van der Waals surface area (Å²) in [4.78, 5) is 2.61. The monoisotopic (exact) mass is 208 g/mol. The van der Waals surface area contributed by atoms with Gasteiger partial charge in [0.05, 0.1) is 0 Å². The molecule has 2 aliphatic rings. The van der Waals surface area contributed by atoms with Crippen LogP contribution in [0.3, 0.4) is 0 Å². The van der Waals surface area contributed by atoms with E-state index in [1.807, 2.05) is 0 Å². The van der Waals surface area contributed by atoms with Crippen LogP contribution in [0.25, 0.3) is 0 Å². The highest BCUT2D eigenvalue weighted by Crippen LogP contribution is 2.27. The van der Waals surface area contributed by atoms with Gasteiger partial charge in [-0.1, -0.05) is 6.08 Å². The summed E-state index contributed by atoms with van der Waals surface area (Å²) in [5.41, 5.74) is 0. The number of nitrogens with one attached hydrogen (secondary N) is 1. The summed E-state index contributed by atoms with van der Waals surface area (Å²) in [5.74, 6) is 0.954. The molecule has 1 unspecified atom stereocenters. The van der Waals surface area contributed by atoms with Crippen LogP contribution < -0.4 is 5.32 Å². The van der Waals surface area contributed by atoms with Gasteiger partial charge >= 0.3 is 0 Å². The van der Waals surface area contributed by atoms with E-state index in [4.69, 9.17) is 0 Å². The first kappa shape index (κ1) is 11.2. The van der Waals surface area contributed by atoms with Crippen LogP contribution in [0.4, 0.5) is 0 Å². The molecule has 1 heterocycles. The molecule has 15 heavy (non-hydrogen) atoms. The molecule has 0 radical (unpaired) electrons. The summed E-state index contributed by atoms with van der Waals surface area (Å²) in [6.07, 6.45) is 9.06. The Balaban J connectivity index is 1.59. The third-order valence-electron chi connectivity index (χ3n) is 3.65. The van der Waals surface area contributed by atoms with Gasteiger partial charge in [0.1, 0.15) is 0 Å². The van der Waals surface area contributed by atoms with Crippen molar-refractivity contribution in [2.75, 3.05) is 26.2 Å². The van der Waals surface area contributed by atoms with E-state index in [0.29, 0.717) is 0 Å². The molecule has 1 saturated heterocycles. The average Bonchev–Trinajstić information content (AvgIpc) is 2.96. The fourth-order valence-corrected chi connectivity index (χ4v) is 2.57. The number of rotatable bonds is 7. The largest absolute Gasteiger partial charge is 0.316 e. The molecular weight excluding hydrogens is 184 g/mol. The van der Waals surface area contributed by atoms with Crippen molar-refractivity contribution in [2.45, 2.75) is 38.1 Å². The van der Waals surface area contributed by atoms with E-state index in [9.17, 15) is 0 Å². The van der Waals surface area contributed by atoms with Crippen LogP contribution >= 0.6 is 0 Å². The van der Waals surface area contributed by atoms with Gasteiger partial charge in [-0.2, -0.15) is 0 Å². The fraction of sp³-hybridized carbons (Fsp3) is 0.846. The van der Waals surface area contributed by atoms with Crippen molar-refractivity contribution in [2.24, 2.45) is 5.92 Å². The molecule has 1 N–H and O–H groups in total. The van der Waals surface area contributed by atoms with Crippen molar-refractivity contribution in [1.82, 2.24) is 10.2 Å². The minimum atomic E-state index is 0.893. The Morgan fingerprint density at radius 2 is 2.20 bits per heavy atom. The van der Waals surface area contributed by atoms with E-state index in [1.54, 1.807) is 0 Å². The fourth-order valence-electron chi connectivity index (χ4n) is 2.57. The maximum atomic E-state index is 3.84. The van der Waals surface area contributed by atoms with Crippen LogP contribution in [0.1, 0.15) is 32.1 Å². The van der Waals surface area contributed by atoms with Crippen molar-refractivity contribution >= 4 is 0 Å². The molecule has 1 aliphatic heterocycles. The Labute approximate surface area is 93.7 Å². The van der Waals surface area contributed by atoms with Gasteiger partial charge < -0.3 is 5.32 Å². The van der Waals surface area contributed by atoms with E-state index in [-0.39, 0.29) is 0 Å². The van der Waals surface area contributed by atoms with Crippen molar-refractivity contribution in [1.29, 1.82) is 0 Å². The van der Waals surface area contributed by atoms with Crippen molar-refractivity contribution in [3.8, 4) is 0 Å². The van der Waals surface area contributed by atoms with Gasteiger partial charge in [-0.25, -0.2) is 0 Å². The third kappa shape index (κ3) is 3.62. The predicted molar refractivity (Wildman–Crippen MR) is 65.0 cm³/mol. The summed E-state index contributed by atoms with van der Waals surface area (Å²) < 4.78 is 0. The highest BCUT2D eigenvalue weighted by molar-refractivity contribution is 4.88. The number of hydrogen-bond acceptors (Lipinski definition) is 2. The Hall–Kier alpha value is -0.340. The Morgan fingerprint density at radius 3 is 2.80 bits per heavy atom. The van der Waals surface area contributed by atoms with Gasteiger partial charge in [-0.05, 0) is 57.7 Å². The first-order chi connectivity index (χ1) is 7.40. The SMILES string of the molecule is C=CCN(CCCC1CCNC1)C1CC1. The summed E-state index contributed by atoms with van der Waals surface area (Å²) in [7, 11) is 0. The first-order valence-electron chi connectivity index (χ1n) is 6.46. The highest BCUT2D eigenvalue weighted by Gasteiger charge is 2.27. The Morgan fingerprint density at radius 1 is 1.33 bits per heavy atom. The maximum absolute atomic E-state index is 3.84. The lowest BCUT2D eigenvalue weighted by atomic mass is 10.0. The summed E-state index contributed by atoms with van der Waals surface area (Å²) in [6.45, 7) is 8.71. The zero-order valence-corrected chi connectivity index (χ0v) is 9.75. The lowest BCUT2D eigenvalue weighted by Gasteiger charge is -2.20. The van der Waals surface area contributed by atoms with Crippen molar-refractivity contribution in [3.05, 3.63) is 12.7 Å². The molecule has 2 nitrogen and oxygen atoms in total. The quantitative estimate of drug-likeness (QED) is 0.644. The summed E-state index contributed by atoms with van der Waals surface area (Å²) in [6, 6.07) is 0.893. The molecule has 0 aromatic heterocycles. The van der Waals surface area contributed by atoms with Gasteiger partial charge in [0.2, 0.25) is 0 Å². The molecule has 1 saturated carbocycles. The summed E-state index contributed by atoms with van der Waals surface area (Å²) >= 11 is 0. The Bertz CT molecular complexity index is 193. The van der Waals surface area contributed by atoms with Crippen LogP contribution in [-0.4, -0.2) is 37.1 Å². The van der Waals surface area contributed by atoms with E-state index < -0.39 is 0 Å². The van der Waals surface area contributed by atoms with E-state index in [1.165, 1.54) is 51.7 Å². The van der Waals surface area contributed by atoms with Gasteiger partial charge in [0.25, 0.3) is 0 Å². The lowest BCUT2D eigenvalue weighted by molar-refractivity contribution is 0.277. The zero-order valence-electron chi connectivity index (χ0n) is 9.75. The van der Waals surface area contributed by atoms with E-state index in [2.05, 4.69) is 22.9 Å². The van der Waals surface area contributed by atoms with Gasteiger partial charge in [0, 0.05) is 12.6 Å². The maximum Gasteiger partial charge on any atom is 0.0163 e. The molecule has 1 atom stereocenters. The average molecular weight is 208 g/mol. The van der Waals surface area contributed by atoms with Gasteiger partial charge in [-0.15, -0.1) is 6.58 Å². The topological polar surface area (TPSA) is 15.3 Å². The molecule has 86 valence electrons. The molecule has 0 amide bonds. The lowest BCUT2D eigenvalue weighted by Crippen LogP contribution is -2.27. The van der Waals surface area contributed by atoms with E-state index >= 15 is 0 Å². The van der Waals surface area contributed by atoms with Crippen LogP contribution in [-0.2, 0) is 0 Å². The number of hydrogen-bond donors (Lipinski definition) is 1. The molecule has 2 heteroatoms. The molecule has 0 aromatic rings. The summed E-state index contributed by atoms with van der Waals surface area (Å²) in [5, 5.41) is 3.44. The molecule has 2 fully saturated rings. The molecule has 0 aromatic carbocycles. The molecule has 2 rings (SSSR count). The van der Waals surface area contributed by atoms with Gasteiger partial charge in [-0.3, -0.25) is 4.90 Å². The second kappa shape index (κ2) is 5.66. The molecular formula is C13H24N2. The second-order valence-corrected chi connectivity index (χ2v) is 5.02. The highest BCUT2D eigenvalue weighted by atomic mass is 15.2. The van der Waals surface area contributed by atoms with Crippen molar-refractivity contribution in [3.63, 3.8) is 0 Å². The molecule has 0 spiro atoms. The van der Waals surface area contributed by atoms with Crippen LogP contribution in [0.15, 0.2) is 12.7 Å². The molecule has 1 aliphatic carbocycles. The van der Waals surface area contributed by atoms with Crippen LogP contribution in [0.2, 0.25) is 0 Å². The van der Waals surface area contributed by atoms with Crippen LogP contribution in [0.5, 0.6) is 0 Å². The minimum absolute atomic E-state index is 0.893. The zero-order chi connectivity index (χ0) is 10.5. The Kier molecular flexibility index (Phi) is 4.21. The predicted octanol–water partition coefficient (Wildman–Crippen LogP) is 2.03. The number of nitrogens with zero attached hydrogens (tertiary/aromatic N) is 1. The third-order valence-corrected chi connectivity index (χ3v) is 3.65. The van der Waals surface area contributed by atoms with Crippen molar-refractivity contribution < 1.29 is 0 Å².